The van der Waals surface area contributed by atoms with Crippen LogP contribution in [0.25, 0.3) is 0 Å². The molecule has 1 N–H and O–H groups in total. The zero-order valence-corrected chi connectivity index (χ0v) is 12.4. The SMILES string of the molecule is OC12CCCCC1CN(CCCc1ccccc1)CC2. The Balaban J connectivity index is 1.45. The number of hydrogen-bond acceptors (Lipinski definition) is 2. The highest BCUT2D eigenvalue weighted by Crippen LogP contribution is 2.39. The lowest BCUT2D eigenvalue weighted by atomic mass is 9.71. The summed E-state index contributed by atoms with van der Waals surface area (Å²) in [5.74, 6) is 0.529. The molecule has 1 aliphatic heterocycles. The molecule has 1 heterocycles. The summed E-state index contributed by atoms with van der Waals surface area (Å²) >= 11 is 0. The zero-order chi connectivity index (χ0) is 13.8. The van der Waals surface area contributed by atoms with Crippen LogP contribution in [0, 0.1) is 5.92 Å². The molecule has 2 unspecified atom stereocenters. The van der Waals surface area contributed by atoms with Crippen LogP contribution in [0.15, 0.2) is 30.3 Å². The van der Waals surface area contributed by atoms with Crippen LogP contribution in [-0.4, -0.2) is 35.2 Å². The molecule has 2 fully saturated rings. The first-order valence-electron chi connectivity index (χ1n) is 8.25. The van der Waals surface area contributed by atoms with Crippen LogP contribution < -0.4 is 0 Å². The third-order valence-electron chi connectivity index (χ3n) is 5.29. The van der Waals surface area contributed by atoms with E-state index >= 15 is 0 Å². The Hall–Kier alpha value is -0.860. The van der Waals surface area contributed by atoms with E-state index in [4.69, 9.17) is 0 Å². The molecule has 1 saturated carbocycles. The maximum Gasteiger partial charge on any atom is 0.0700 e. The van der Waals surface area contributed by atoms with Crippen molar-refractivity contribution in [3.05, 3.63) is 35.9 Å². The molecule has 110 valence electrons. The fourth-order valence-corrected chi connectivity index (χ4v) is 3.99. The molecule has 0 radical (unpaired) electrons. The smallest absolute Gasteiger partial charge is 0.0700 e. The maximum absolute atomic E-state index is 10.7. The van der Waals surface area contributed by atoms with Crippen molar-refractivity contribution < 1.29 is 5.11 Å². The van der Waals surface area contributed by atoms with E-state index in [1.165, 1.54) is 44.2 Å². The Kier molecular flexibility index (Phi) is 4.42. The molecular weight excluding hydrogens is 246 g/mol. The second kappa shape index (κ2) is 6.28. The molecule has 3 rings (SSSR count). The Morgan fingerprint density at radius 1 is 1.15 bits per heavy atom. The number of hydrogen-bond donors (Lipinski definition) is 1. The summed E-state index contributed by atoms with van der Waals surface area (Å²) in [6.07, 6.45) is 8.19. The minimum Gasteiger partial charge on any atom is -0.390 e. The first-order chi connectivity index (χ1) is 9.76. The Labute approximate surface area is 122 Å². The predicted molar refractivity (Wildman–Crippen MR) is 82.7 cm³/mol. The molecule has 20 heavy (non-hydrogen) atoms. The highest BCUT2D eigenvalue weighted by molar-refractivity contribution is 5.14. The van der Waals surface area contributed by atoms with Crippen LogP contribution in [0.1, 0.15) is 44.1 Å². The first-order valence-corrected chi connectivity index (χ1v) is 8.25. The van der Waals surface area contributed by atoms with Gasteiger partial charge in [-0.15, -0.1) is 0 Å². The van der Waals surface area contributed by atoms with Crippen molar-refractivity contribution in [1.82, 2.24) is 4.90 Å². The van der Waals surface area contributed by atoms with E-state index < -0.39 is 0 Å². The van der Waals surface area contributed by atoms with Crippen molar-refractivity contribution in [2.24, 2.45) is 5.92 Å². The molecule has 1 aromatic carbocycles. The van der Waals surface area contributed by atoms with Crippen LogP contribution in [0.3, 0.4) is 0 Å². The van der Waals surface area contributed by atoms with Crippen molar-refractivity contribution in [2.75, 3.05) is 19.6 Å². The minimum atomic E-state index is -0.325. The van der Waals surface area contributed by atoms with Gasteiger partial charge in [-0.3, -0.25) is 0 Å². The summed E-state index contributed by atoms with van der Waals surface area (Å²) in [5.41, 5.74) is 1.12. The molecule has 2 aliphatic rings. The van der Waals surface area contributed by atoms with Crippen molar-refractivity contribution >= 4 is 0 Å². The summed E-state index contributed by atoms with van der Waals surface area (Å²) in [6.45, 7) is 3.38. The summed E-state index contributed by atoms with van der Waals surface area (Å²) in [4.78, 5) is 2.58. The summed E-state index contributed by atoms with van der Waals surface area (Å²) in [5, 5.41) is 10.7. The highest BCUT2D eigenvalue weighted by Gasteiger charge is 2.42. The Morgan fingerprint density at radius 2 is 2.00 bits per heavy atom. The van der Waals surface area contributed by atoms with Crippen molar-refractivity contribution in [3.63, 3.8) is 0 Å². The normalized spacial score (nSPS) is 30.9. The lowest BCUT2D eigenvalue weighted by Crippen LogP contribution is -2.53. The fourth-order valence-electron chi connectivity index (χ4n) is 3.99. The first kappa shape index (κ1) is 14.1. The number of benzene rings is 1. The van der Waals surface area contributed by atoms with Gasteiger partial charge in [-0.05, 0) is 44.2 Å². The molecule has 2 nitrogen and oxygen atoms in total. The monoisotopic (exact) mass is 273 g/mol. The van der Waals surface area contributed by atoms with Gasteiger partial charge in [0.2, 0.25) is 0 Å². The lowest BCUT2D eigenvalue weighted by Gasteiger charge is -2.47. The van der Waals surface area contributed by atoms with E-state index in [9.17, 15) is 5.11 Å². The van der Waals surface area contributed by atoms with Gasteiger partial charge in [-0.25, -0.2) is 0 Å². The standard InChI is InChI=1S/C18H27NO/c20-18-11-5-4-10-17(18)15-19(14-12-18)13-6-9-16-7-2-1-3-8-16/h1-3,7-8,17,20H,4-6,9-15H2. The number of nitrogens with zero attached hydrogens (tertiary/aromatic N) is 1. The van der Waals surface area contributed by atoms with Crippen molar-refractivity contribution in [1.29, 1.82) is 0 Å². The average Bonchev–Trinajstić information content (AvgIpc) is 2.48. The van der Waals surface area contributed by atoms with E-state index in [-0.39, 0.29) is 5.60 Å². The van der Waals surface area contributed by atoms with Crippen LogP contribution in [0.5, 0.6) is 0 Å². The number of piperidine rings is 1. The quantitative estimate of drug-likeness (QED) is 0.910. The van der Waals surface area contributed by atoms with E-state index in [1.54, 1.807) is 0 Å². The van der Waals surface area contributed by atoms with Gasteiger partial charge in [0.15, 0.2) is 0 Å². The molecule has 2 atom stereocenters. The van der Waals surface area contributed by atoms with Crippen LogP contribution >= 0.6 is 0 Å². The number of likely N-dealkylation sites (tertiary alicyclic amines) is 1. The van der Waals surface area contributed by atoms with Crippen LogP contribution in [0.4, 0.5) is 0 Å². The second-order valence-corrected chi connectivity index (χ2v) is 6.69. The van der Waals surface area contributed by atoms with Gasteiger partial charge in [0.1, 0.15) is 0 Å². The maximum atomic E-state index is 10.7. The summed E-state index contributed by atoms with van der Waals surface area (Å²) in [7, 11) is 0. The third kappa shape index (κ3) is 3.24. The van der Waals surface area contributed by atoms with Crippen LogP contribution in [-0.2, 0) is 6.42 Å². The molecular formula is C18H27NO. The Bertz CT molecular complexity index is 419. The third-order valence-corrected chi connectivity index (χ3v) is 5.29. The van der Waals surface area contributed by atoms with Gasteiger partial charge < -0.3 is 10.0 Å². The topological polar surface area (TPSA) is 23.5 Å². The van der Waals surface area contributed by atoms with Gasteiger partial charge in [0.05, 0.1) is 5.60 Å². The Morgan fingerprint density at radius 3 is 2.85 bits per heavy atom. The van der Waals surface area contributed by atoms with Gasteiger partial charge in [-0.1, -0.05) is 43.2 Å². The summed E-state index contributed by atoms with van der Waals surface area (Å²) < 4.78 is 0. The number of fused-ring (bicyclic) bond motifs is 1. The van der Waals surface area contributed by atoms with Crippen molar-refractivity contribution in [2.45, 2.75) is 50.5 Å². The lowest BCUT2D eigenvalue weighted by molar-refractivity contribution is -0.0952. The van der Waals surface area contributed by atoms with E-state index in [2.05, 4.69) is 35.2 Å². The predicted octanol–water partition coefficient (Wildman–Crippen LogP) is 3.25. The number of aliphatic hydroxyl groups is 1. The molecule has 1 aromatic rings. The molecule has 1 saturated heterocycles. The van der Waals surface area contributed by atoms with E-state index in [1.807, 2.05) is 0 Å². The minimum absolute atomic E-state index is 0.325. The summed E-state index contributed by atoms with van der Waals surface area (Å²) in [6, 6.07) is 10.8. The van der Waals surface area contributed by atoms with Crippen LogP contribution in [0.2, 0.25) is 0 Å². The molecule has 1 aliphatic carbocycles. The van der Waals surface area contributed by atoms with E-state index in [0.717, 1.165) is 25.9 Å². The largest absolute Gasteiger partial charge is 0.390 e. The van der Waals surface area contributed by atoms with Gasteiger partial charge in [-0.2, -0.15) is 0 Å². The van der Waals surface area contributed by atoms with Crippen molar-refractivity contribution in [3.8, 4) is 0 Å². The highest BCUT2D eigenvalue weighted by atomic mass is 16.3. The van der Waals surface area contributed by atoms with E-state index in [0.29, 0.717) is 5.92 Å². The second-order valence-electron chi connectivity index (χ2n) is 6.69. The van der Waals surface area contributed by atoms with Gasteiger partial charge >= 0.3 is 0 Å². The molecule has 2 heteroatoms. The molecule has 0 bridgehead atoms. The molecule has 0 aromatic heterocycles. The average molecular weight is 273 g/mol. The zero-order valence-electron chi connectivity index (χ0n) is 12.4. The van der Waals surface area contributed by atoms with Gasteiger partial charge in [0.25, 0.3) is 0 Å². The number of rotatable bonds is 4. The van der Waals surface area contributed by atoms with Gasteiger partial charge in [0, 0.05) is 19.0 Å². The molecule has 0 spiro atoms. The fraction of sp³-hybridized carbons (Fsp3) is 0.667. The number of aryl methyl sites for hydroxylation is 1. The molecule has 0 amide bonds.